The fraction of sp³-hybridized carbons (Fsp3) is 0.800. The van der Waals surface area contributed by atoms with Gasteiger partial charge in [-0.2, -0.15) is 0 Å². The lowest BCUT2D eigenvalue weighted by atomic mass is 9.89. The second-order valence-electron chi connectivity index (χ2n) is 3.79. The third-order valence-electron chi connectivity index (χ3n) is 3.19. The highest BCUT2D eigenvalue weighted by Crippen LogP contribution is 2.31. The summed E-state index contributed by atoms with van der Waals surface area (Å²) in [6.45, 7) is 6.60. The lowest BCUT2D eigenvalue weighted by molar-refractivity contribution is 0.159. The Bertz CT molecular complexity index is 153. The molecule has 0 amide bonds. The Balaban J connectivity index is 2.06. The zero-order valence-corrected chi connectivity index (χ0v) is 7.13. The van der Waals surface area contributed by atoms with Crippen LogP contribution in [0.2, 0.25) is 0 Å². The Morgan fingerprint density at radius 1 is 1.18 bits per heavy atom. The van der Waals surface area contributed by atoms with E-state index in [1.54, 1.807) is 0 Å². The molecular weight excluding hydrogens is 134 g/mol. The fourth-order valence-electron chi connectivity index (χ4n) is 2.61. The molecular formula is C10H17N. The number of fused-ring (bicyclic) bond motifs is 1. The minimum Gasteiger partial charge on any atom is -0.300 e. The highest BCUT2D eigenvalue weighted by atomic mass is 15.2. The third-order valence-corrected chi connectivity index (χ3v) is 3.19. The van der Waals surface area contributed by atoms with Crippen LogP contribution < -0.4 is 0 Å². The Kier molecular flexibility index (Phi) is 1.99. The molecule has 1 heteroatoms. The van der Waals surface area contributed by atoms with Gasteiger partial charge in [-0.25, -0.2) is 0 Å². The first-order valence-electron chi connectivity index (χ1n) is 4.78. The second kappa shape index (κ2) is 2.98. The molecule has 0 saturated carbocycles. The molecule has 11 heavy (non-hydrogen) atoms. The van der Waals surface area contributed by atoms with Crippen LogP contribution in [0.3, 0.4) is 0 Å². The lowest BCUT2D eigenvalue weighted by Crippen LogP contribution is -2.39. The molecule has 2 saturated heterocycles. The summed E-state index contributed by atoms with van der Waals surface area (Å²) in [6.07, 6.45) is 7.76. The molecule has 2 rings (SSSR count). The van der Waals surface area contributed by atoms with Crippen molar-refractivity contribution in [1.82, 2.24) is 4.90 Å². The van der Waals surface area contributed by atoms with Gasteiger partial charge in [0.15, 0.2) is 0 Å². The topological polar surface area (TPSA) is 3.24 Å². The smallest absolute Gasteiger partial charge is 0.0158 e. The molecule has 0 bridgehead atoms. The van der Waals surface area contributed by atoms with Crippen LogP contribution in [0.25, 0.3) is 0 Å². The third kappa shape index (κ3) is 1.22. The Labute approximate surface area is 69.1 Å². The van der Waals surface area contributed by atoms with Gasteiger partial charge in [-0.1, -0.05) is 6.08 Å². The van der Waals surface area contributed by atoms with Crippen molar-refractivity contribution in [3.8, 4) is 0 Å². The van der Waals surface area contributed by atoms with E-state index in [0.29, 0.717) is 0 Å². The van der Waals surface area contributed by atoms with Gasteiger partial charge in [0, 0.05) is 6.04 Å². The summed E-state index contributed by atoms with van der Waals surface area (Å²) in [6, 6.07) is 0.862. The largest absolute Gasteiger partial charge is 0.300 e. The SMILES string of the molecule is C=C[C@H]1CCCN2CCC[C@H]12. The summed E-state index contributed by atoms with van der Waals surface area (Å²) in [4.78, 5) is 2.65. The van der Waals surface area contributed by atoms with Gasteiger partial charge in [-0.3, -0.25) is 4.90 Å². The first-order valence-corrected chi connectivity index (χ1v) is 4.78. The van der Waals surface area contributed by atoms with Crippen LogP contribution in [-0.2, 0) is 0 Å². The van der Waals surface area contributed by atoms with Crippen molar-refractivity contribution < 1.29 is 0 Å². The summed E-state index contributed by atoms with van der Waals surface area (Å²) < 4.78 is 0. The van der Waals surface area contributed by atoms with Crippen molar-refractivity contribution in [1.29, 1.82) is 0 Å². The predicted molar refractivity (Wildman–Crippen MR) is 47.5 cm³/mol. The van der Waals surface area contributed by atoms with E-state index in [1.165, 1.54) is 38.8 Å². The minimum absolute atomic E-state index is 0.797. The zero-order chi connectivity index (χ0) is 7.68. The highest BCUT2D eigenvalue weighted by Gasteiger charge is 2.32. The molecule has 0 N–H and O–H groups in total. The zero-order valence-electron chi connectivity index (χ0n) is 7.13. The van der Waals surface area contributed by atoms with Crippen LogP contribution in [0.15, 0.2) is 12.7 Å². The second-order valence-corrected chi connectivity index (χ2v) is 3.79. The van der Waals surface area contributed by atoms with Crippen molar-refractivity contribution >= 4 is 0 Å². The minimum atomic E-state index is 0.797. The van der Waals surface area contributed by atoms with Gasteiger partial charge in [0.25, 0.3) is 0 Å². The predicted octanol–water partition coefficient (Wildman–Crippen LogP) is 2.05. The first-order chi connectivity index (χ1) is 5.42. The average Bonchev–Trinajstić information content (AvgIpc) is 2.50. The number of piperidine rings is 1. The molecule has 0 aromatic rings. The fourth-order valence-corrected chi connectivity index (χ4v) is 2.61. The summed E-state index contributed by atoms with van der Waals surface area (Å²) in [5.41, 5.74) is 0. The van der Waals surface area contributed by atoms with Crippen LogP contribution in [0.1, 0.15) is 25.7 Å². The number of nitrogens with zero attached hydrogens (tertiary/aromatic N) is 1. The van der Waals surface area contributed by atoms with Crippen molar-refractivity contribution in [3.05, 3.63) is 12.7 Å². The Morgan fingerprint density at radius 3 is 2.64 bits per heavy atom. The number of hydrogen-bond acceptors (Lipinski definition) is 1. The maximum Gasteiger partial charge on any atom is 0.0158 e. The first kappa shape index (κ1) is 7.35. The molecule has 2 aliphatic rings. The van der Waals surface area contributed by atoms with Gasteiger partial charge in [-0.15, -0.1) is 6.58 Å². The van der Waals surface area contributed by atoms with E-state index in [4.69, 9.17) is 0 Å². The molecule has 2 fully saturated rings. The highest BCUT2D eigenvalue weighted by molar-refractivity contribution is 4.96. The van der Waals surface area contributed by atoms with Gasteiger partial charge in [-0.05, 0) is 44.7 Å². The van der Waals surface area contributed by atoms with E-state index in [2.05, 4.69) is 17.6 Å². The molecule has 0 unspecified atom stereocenters. The van der Waals surface area contributed by atoms with Crippen molar-refractivity contribution in [2.24, 2.45) is 5.92 Å². The van der Waals surface area contributed by atoms with Crippen LogP contribution in [-0.4, -0.2) is 24.0 Å². The Morgan fingerprint density at radius 2 is 1.91 bits per heavy atom. The molecule has 2 atom stereocenters. The summed E-state index contributed by atoms with van der Waals surface area (Å²) in [5.74, 6) is 0.797. The molecule has 2 heterocycles. The van der Waals surface area contributed by atoms with E-state index in [0.717, 1.165) is 12.0 Å². The van der Waals surface area contributed by atoms with Crippen LogP contribution in [0.4, 0.5) is 0 Å². The molecule has 0 radical (unpaired) electrons. The standard InChI is InChI=1S/C10H17N/c1-2-9-5-3-7-11-8-4-6-10(9)11/h2,9-10H,1,3-8H2/t9-,10+/m0/s1. The van der Waals surface area contributed by atoms with Gasteiger partial charge in [0.1, 0.15) is 0 Å². The van der Waals surface area contributed by atoms with Crippen LogP contribution in [0, 0.1) is 5.92 Å². The normalized spacial score (nSPS) is 38.5. The van der Waals surface area contributed by atoms with Crippen molar-refractivity contribution in [3.63, 3.8) is 0 Å². The molecule has 0 aliphatic carbocycles. The lowest BCUT2D eigenvalue weighted by Gasteiger charge is -2.34. The molecule has 0 aromatic carbocycles. The maximum absolute atomic E-state index is 3.92. The van der Waals surface area contributed by atoms with Crippen molar-refractivity contribution in [2.45, 2.75) is 31.7 Å². The van der Waals surface area contributed by atoms with E-state index in [9.17, 15) is 0 Å². The van der Waals surface area contributed by atoms with Crippen LogP contribution >= 0.6 is 0 Å². The monoisotopic (exact) mass is 151 g/mol. The maximum atomic E-state index is 3.92. The molecule has 62 valence electrons. The van der Waals surface area contributed by atoms with Gasteiger partial charge >= 0.3 is 0 Å². The molecule has 0 aromatic heterocycles. The van der Waals surface area contributed by atoms with E-state index >= 15 is 0 Å². The van der Waals surface area contributed by atoms with E-state index in [-0.39, 0.29) is 0 Å². The quantitative estimate of drug-likeness (QED) is 0.518. The summed E-state index contributed by atoms with van der Waals surface area (Å²) in [7, 11) is 0. The van der Waals surface area contributed by atoms with Gasteiger partial charge in [0.05, 0.1) is 0 Å². The number of hydrogen-bond donors (Lipinski definition) is 0. The molecule has 0 spiro atoms. The summed E-state index contributed by atoms with van der Waals surface area (Å²) >= 11 is 0. The Hall–Kier alpha value is -0.300. The summed E-state index contributed by atoms with van der Waals surface area (Å²) in [5, 5.41) is 0. The van der Waals surface area contributed by atoms with E-state index in [1.807, 2.05) is 0 Å². The molecule has 2 aliphatic heterocycles. The van der Waals surface area contributed by atoms with Gasteiger partial charge in [0.2, 0.25) is 0 Å². The van der Waals surface area contributed by atoms with E-state index < -0.39 is 0 Å². The molecule has 1 nitrogen and oxygen atoms in total. The van der Waals surface area contributed by atoms with Gasteiger partial charge < -0.3 is 0 Å². The number of rotatable bonds is 1. The average molecular weight is 151 g/mol. The van der Waals surface area contributed by atoms with Crippen LogP contribution in [0.5, 0.6) is 0 Å². The van der Waals surface area contributed by atoms with Crippen molar-refractivity contribution in [2.75, 3.05) is 13.1 Å².